The number of carbonyl (C=O) groups is 2. The molecule has 0 heterocycles. The van der Waals surface area contributed by atoms with Crippen LogP contribution in [0.25, 0.3) is 0 Å². The lowest BCUT2D eigenvalue weighted by Gasteiger charge is -2.20. The van der Waals surface area contributed by atoms with Crippen molar-refractivity contribution in [1.29, 1.82) is 0 Å². The zero-order valence-electron chi connectivity index (χ0n) is 9.87. The van der Waals surface area contributed by atoms with Crippen molar-refractivity contribution >= 4 is 17.9 Å². The first-order chi connectivity index (χ1) is 8.08. The van der Waals surface area contributed by atoms with Gasteiger partial charge in [0.15, 0.2) is 6.29 Å². The van der Waals surface area contributed by atoms with E-state index < -0.39 is 5.82 Å². The topological polar surface area (TPSA) is 49.4 Å². The van der Waals surface area contributed by atoms with Gasteiger partial charge in [0, 0.05) is 38.3 Å². The molecule has 0 spiro atoms. The van der Waals surface area contributed by atoms with E-state index in [2.05, 4.69) is 5.32 Å². The van der Waals surface area contributed by atoms with Crippen LogP contribution in [0.2, 0.25) is 0 Å². The second kappa shape index (κ2) is 5.98. The van der Waals surface area contributed by atoms with E-state index >= 15 is 0 Å². The molecular weight excluding hydrogens is 223 g/mol. The number of carbonyl (C=O) groups excluding carboxylic acids is 2. The lowest BCUT2D eigenvalue weighted by Crippen LogP contribution is -2.26. The molecule has 0 radical (unpaired) electrons. The van der Waals surface area contributed by atoms with E-state index in [1.54, 1.807) is 19.0 Å². The van der Waals surface area contributed by atoms with Crippen molar-refractivity contribution in [2.45, 2.75) is 6.42 Å². The molecule has 1 aromatic carbocycles. The molecule has 0 unspecified atom stereocenters. The molecule has 5 heteroatoms. The molecule has 17 heavy (non-hydrogen) atoms. The van der Waals surface area contributed by atoms with Crippen LogP contribution < -0.4 is 10.2 Å². The highest BCUT2D eigenvalue weighted by Gasteiger charge is 2.09. The van der Waals surface area contributed by atoms with Gasteiger partial charge in [0.2, 0.25) is 5.91 Å². The molecule has 0 fully saturated rings. The van der Waals surface area contributed by atoms with Crippen molar-refractivity contribution in [2.24, 2.45) is 0 Å². The number of aldehydes is 1. The maximum Gasteiger partial charge on any atom is 0.221 e. The SMILES string of the molecule is CNC(=O)CCN(C)c1ccc(F)cc1C=O. The van der Waals surface area contributed by atoms with E-state index in [0.717, 1.165) is 0 Å². The molecule has 1 aromatic rings. The van der Waals surface area contributed by atoms with Gasteiger partial charge in [0.05, 0.1) is 0 Å². The van der Waals surface area contributed by atoms with Crippen LogP contribution in [0.5, 0.6) is 0 Å². The largest absolute Gasteiger partial charge is 0.373 e. The minimum absolute atomic E-state index is 0.0772. The zero-order chi connectivity index (χ0) is 12.8. The monoisotopic (exact) mass is 238 g/mol. The summed E-state index contributed by atoms with van der Waals surface area (Å²) in [6.07, 6.45) is 0.928. The van der Waals surface area contributed by atoms with Crippen LogP contribution in [-0.4, -0.2) is 32.8 Å². The van der Waals surface area contributed by atoms with E-state index in [0.29, 0.717) is 24.9 Å². The molecule has 0 aliphatic carbocycles. The normalized spacial score (nSPS) is 9.82. The number of nitrogens with zero attached hydrogens (tertiary/aromatic N) is 1. The van der Waals surface area contributed by atoms with Crippen LogP contribution >= 0.6 is 0 Å². The van der Waals surface area contributed by atoms with Crippen molar-refractivity contribution < 1.29 is 14.0 Å². The highest BCUT2D eigenvalue weighted by atomic mass is 19.1. The summed E-state index contributed by atoms with van der Waals surface area (Å²) in [7, 11) is 3.32. The molecule has 1 N–H and O–H groups in total. The van der Waals surface area contributed by atoms with Gasteiger partial charge < -0.3 is 10.2 Å². The molecule has 1 rings (SSSR count). The summed E-state index contributed by atoms with van der Waals surface area (Å²) < 4.78 is 12.9. The third kappa shape index (κ3) is 3.55. The van der Waals surface area contributed by atoms with E-state index in [1.807, 2.05) is 0 Å². The standard InChI is InChI=1S/C12H15FN2O2/c1-14-12(17)5-6-15(2)11-4-3-10(13)7-9(11)8-16/h3-4,7-8H,5-6H2,1-2H3,(H,14,17). The van der Waals surface area contributed by atoms with Crippen molar-refractivity contribution in [2.75, 3.05) is 25.5 Å². The minimum Gasteiger partial charge on any atom is -0.373 e. The Labute approximate surface area is 99.4 Å². The molecule has 0 atom stereocenters. The number of benzene rings is 1. The zero-order valence-corrected chi connectivity index (χ0v) is 9.87. The molecule has 0 bridgehead atoms. The number of nitrogens with one attached hydrogen (secondary N) is 1. The second-order valence-corrected chi connectivity index (χ2v) is 3.67. The summed E-state index contributed by atoms with van der Waals surface area (Å²) in [4.78, 5) is 23.6. The van der Waals surface area contributed by atoms with Gasteiger partial charge in [-0.15, -0.1) is 0 Å². The minimum atomic E-state index is -0.449. The maximum absolute atomic E-state index is 12.9. The lowest BCUT2D eigenvalue weighted by atomic mass is 10.1. The second-order valence-electron chi connectivity index (χ2n) is 3.67. The van der Waals surface area contributed by atoms with E-state index in [4.69, 9.17) is 0 Å². The van der Waals surface area contributed by atoms with Gasteiger partial charge in [-0.2, -0.15) is 0 Å². The third-order valence-electron chi connectivity index (χ3n) is 2.48. The van der Waals surface area contributed by atoms with Crippen LogP contribution in [0.15, 0.2) is 18.2 Å². The number of hydrogen-bond donors (Lipinski definition) is 1. The molecule has 4 nitrogen and oxygen atoms in total. The molecule has 0 saturated carbocycles. The van der Waals surface area contributed by atoms with Crippen LogP contribution in [0, 0.1) is 5.82 Å². The third-order valence-corrected chi connectivity index (χ3v) is 2.48. The van der Waals surface area contributed by atoms with Crippen LogP contribution in [0.1, 0.15) is 16.8 Å². The number of hydrogen-bond acceptors (Lipinski definition) is 3. The molecular formula is C12H15FN2O2. The van der Waals surface area contributed by atoms with Gasteiger partial charge in [0.25, 0.3) is 0 Å². The predicted molar refractivity (Wildman–Crippen MR) is 63.7 cm³/mol. The Morgan fingerprint density at radius 1 is 1.53 bits per heavy atom. The van der Waals surface area contributed by atoms with Crippen molar-refractivity contribution in [3.63, 3.8) is 0 Å². The van der Waals surface area contributed by atoms with Crippen LogP contribution in [-0.2, 0) is 4.79 Å². The summed E-state index contributed by atoms with van der Waals surface area (Å²) in [5.74, 6) is -0.526. The van der Waals surface area contributed by atoms with Gasteiger partial charge >= 0.3 is 0 Å². The Kier molecular flexibility index (Phi) is 4.63. The average Bonchev–Trinajstić information content (AvgIpc) is 2.35. The van der Waals surface area contributed by atoms with Crippen LogP contribution in [0.3, 0.4) is 0 Å². The highest BCUT2D eigenvalue weighted by Crippen LogP contribution is 2.19. The summed E-state index contributed by atoms with van der Waals surface area (Å²) in [6, 6.07) is 4.00. The molecule has 0 aliphatic heterocycles. The fourth-order valence-electron chi connectivity index (χ4n) is 1.48. The number of anilines is 1. The highest BCUT2D eigenvalue weighted by molar-refractivity contribution is 5.84. The summed E-state index contributed by atoms with van der Waals surface area (Å²) in [6.45, 7) is 0.464. The Morgan fingerprint density at radius 2 is 2.24 bits per heavy atom. The summed E-state index contributed by atoms with van der Waals surface area (Å²) >= 11 is 0. The summed E-state index contributed by atoms with van der Waals surface area (Å²) in [5, 5.41) is 2.51. The van der Waals surface area contributed by atoms with Crippen LogP contribution in [0.4, 0.5) is 10.1 Å². The van der Waals surface area contributed by atoms with E-state index in [-0.39, 0.29) is 11.5 Å². The Hall–Kier alpha value is -1.91. The van der Waals surface area contributed by atoms with Crippen molar-refractivity contribution in [3.8, 4) is 0 Å². The quantitative estimate of drug-likeness (QED) is 0.784. The average molecular weight is 238 g/mol. The Balaban J connectivity index is 2.77. The Morgan fingerprint density at radius 3 is 2.82 bits per heavy atom. The van der Waals surface area contributed by atoms with Crippen molar-refractivity contribution in [3.05, 3.63) is 29.6 Å². The number of amides is 1. The predicted octanol–water partition coefficient (Wildman–Crippen LogP) is 1.21. The van der Waals surface area contributed by atoms with Gasteiger partial charge in [-0.3, -0.25) is 9.59 Å². The molecule has 0 aromatic heterocycles. The lowest BCUT2D eigenvalue weighted by molar-refractivity contribution is -0.120. The Bertz CT molecular complexity index is 421. The van der Waals surface area contributed by atoms with E-state index in [1.165, 1.54) is 18.2 Å². The fourth-order valence-corrected chi connectivity index (χ4v) is 1.48. The number of rotatable bonds is 5. The first kappa shape index (κ1) is 13.2. The molecule has 0 saturated heterocycles. The van der Waals surface area contributed by atoms with Gasteiger partial charge in [-0.1, -0.05) is 0 Å². The van der Waals surface area contributed by atoms with Gasteiger partial charge in [0.1, 0.15) is 5.82 Å². The summed E-state index contributed by atoms with van der Waals surface area (Å²) in [5.41, 5.74) is 0.898. The number of halogens is 1. The van der Waals surface area contributed by atoms with E-state index in [9.17, 15) is 14.0 Å². The molecule has 1 amide bonds. The first-order valence-electron chi connectivity index (χ1n) is 5.25. The van der Waals surface area contributed by atoms with Gasteiger partial charge in [-0.05, 0) is 18.2 Å². The fraction of sp³-hybridized carbons (Fsp3) is 0.333. The smallest absolute Gasteiger partial charge is 0.221 e. The molecule has 0 aliphatic rings. The molecule has 92 valence electrons. The van der Waals surface area contributed by atoms with Crippen molar-refractivity contribution in [1.82, 2.24) is 5.32 Å². The maximum atomic E-state index is 12.9. The van der Waals surface area contributed by atoms with Gasteiger partial charge in [-0.25, -0.2) is 4.39 Å². The first-order valence-corrected chi connectivity index (χ1v) is 5.25.